The zero-order valence-electron chi connectivity index (χ0n) is 12.0. The molecule has 1 rings (SSSR count). The number of nitrogens with one attached hydrogen (secondary N) is 2. The molecule has 0 aliphatic heterocycles. The van der Waals surface area contributed by atoms with Crippen molar-refractivity contribution in [1.82, 2.24) is 10.6 Å². The molecule has 3 atom stereocenters. The van der Waals surface area contributed by atoms with Crippen molar-refractivity contribution in [3.05, 3.63) is 12.7 Å². The molecule has 21 heavy (non-hydrogen) atoms. The van der Waals surface area contributed by atoms with Crippen molar-refractivity contribution < 1.29 is 28.9 Å². The van der Waals surface area contributed by atoms with E-state index in [1.165, 1.54) is 13.2 Å². The Kier molecular flexibility index (Phi) is 7.55. The monoisotopic (exact) mass is 302 g/mol. The summed E-state index contributed by atoms with van der Waals surface area (Å²) in [5.74, 6) is 0. The lowest BCUT2D eigenvalue weighted by molar-refractivity contribution is -0.0881. The van der Waals surface area contributed by atoms with Crippen molar-refractivity contribution in [2.75, 3.05) is 20.5 Å². The highest BCUT2D eigenvalue weighted by molar-refractivity contribution is 5.68. The topological polar surface area (TPSA) is 106 Å². The van der Waals surface area contributed by atoms with Gasteiger partial charge in [-0.2, -0.15) is 0 Å². The van der Waals surface area contributed by atoms with Gasteiger partial charge in [0.05, 0.1) is 6.10 Å². The molecule has 0 aromatic rings. The van der Waals surface area contributed by atoms with Gasteiger partial charge in [0.2, 0.25) is 0 Å². The minimum absolute atomic E-state index is 0.123. The average molecular weight is 302 g/mol. The van der Waals surface area contributed by atoms with E-state index in [2.05, 4.69) is 17.2 Å². The normalized spacial score (nSPS) is 24.9. The lowest BCUT2D eigenvalue weighted by atomic mass is 9.89. The van der Waals surface area contributed by atoms with Crippen LogP contribution in [0, 0.1) is 0 Å². The van der Waals surface area contributed by atoms with E-state index in [-0.39, 0.29) is 31.6 Å². The highest BCUT2D eigenvalue weighted by Crippen LogP contribution is 2.22. The Labute approximate surface area is 123 Å². The Morgan fingerprint density at radius 1 is 1.29 bits per heavy atom. The summed E-state index contributed by atoms with van der Waals surface area (Å²) in [5.41, 5.74) is 0. The molecule has 0 spiro atoms. The summed E-state index contributed by atoms with van der Waals surface area (Å²) in [6.07, 6.45) is 1.23. The summed E-state index contributed by atoms with van der Waals surface area (Å²) < 4.78 is 15.2. The van der Waals surface area contributed by atoms with Crippen LogP contribution in [0.15, 0.2) is 12.7 Å². The fourth-order valence-corrected chi connectivity index (χ4v) is 2.32. The van der Waals surface area contributed by atoms with Crippen LogP contribution in [0.5, 0.6) is 0 Å². The number of carboxylic acid groups (broad SMARTS) is 1. The van der Waals surface area contributed by atoms with Crippen LogP contribution in [0.2, 0.25) is 0 Å². The van der Waals surface area contributed by atoms with E-state index in [1.807, 2.05) is 0 Å². The van der Waals surface area contributed by atoms with Gasteiger partial charge in [0.15, 0.2) is 0 Å². The van der Waals surface area contributed by atoms with Crippen LogP contribution in [0.3, 0.4) is 0 Å². The SMILES string of the molecule is C=CCOC(=O)N[C@@H]1C[C@H](NC(=O)O)C[C@H](OCOC)C1. The van der Waals surface area contributed by atoms with Gasteiger partial charge in [-0.1, -0.05) is 12.7 Å². The molecule has 8 heteroatoms. The summed E-state index contributed by atoms with van der Waals surface area (Å²) in [4.78, 5) is 22.3. The van der Waals surface area contributed by atoms with E-state index in [0.29, 0.717) is 19.3 Å². The van der Waals surface area contributed by atoms with Crippen LogP contribution in [0.1, 0.15) is 19.3 Å². The minimum Gasteiger partial charge on any atom is -0.465 e. The van der Waals surface area contributed by atoms with Crippen molar-refractivity contribution in [1.29, 1.82) is 0 Å². The van der Waals surface area contributed by atoms with Crippen molar-refractivity contribution >= 4 is 12.2 Å². The smallest absolute Gasteiger partial charge is 0.407 e. The second-order valence-corrected chi connectivity index (χ2v) is 4.78. The Hall–Kier alpha value is -1.80. The maximum atomic E-state index is 11.5. The van der Waals surface area contributed by atoms with Crippen LogP contribution in [0.4, 0.5) is 9.59 Å². The molecule has 0 aromatic carbocycles. The van der Waals surface area contributed by atoms with Gasteiger partial charge in [-0.05, 0) is 19.3 Å². The Bertz CT molecular complexity index is 363. The van der Waals surface area contributed by atoms with E-state index in [9.17, 15) is 9.59 Å². The quantitative estimate of drug-likeness (QED) is 0.480. The summed E-state index contributed by atoms with van der Waals surface area (Å²) >= 11 is 0. The molecule has 120 valence electrons. The van der Waals surface area contributed by atoms with Crippen molar-refractivity contribution in [2.24, 2.45) is 0 Å². The molecule has 1 aliphatic carbocycles. The molecule has 1 fully saturated rings. The van der Waals surface area contributed by atoms with Gasteiger partial charge in [0, 0.05) is 19.2 Å². The van der Waals surface area contributed by atoms with Gasteiger partial charge in [0.25, 0.3) is 0 Å². The van der Waals surface area contributed by atoms with Crippen molar-refractivity contribution in [3.8, 4) is 0 Å². The van der Waals surface area contributed by atoms with Gasteiger partial charge in [0.1, 0.15) is 13.4 Å². The Morgan fingerprint density at radius 3 is 2.52 bits per heavy atom. The molecule has 0 radical (unpaired) electrons. The molecule has 0 unspecified atom stereocenters. The zero-order chi connectivity index (χ0) is 15.7. The molecule has 0 aromatic heterocycles. The summed E-state index contributed by atoms with van der Waals surface area (Å²) in [6.45, 7) is 3.70. The first-order chi connectivity index (χ1) is 10.0. The fourth-order valence-electron chi connectivity index (χ4n) is 2.32. The number of amides is 2. The molecule has 8 nitrogen and oxygen atoms in total. The van der Waals surface area contributed by atoms with Crippen molar-refractivity contribution in [2.45, 2.75) is 37.5 Å². The number of carbonyl (C=O) groups is 2. The first-order valence-electron chi connectivity index (χ1n) is 6.69. The third kappa shape index (κ3) is 6.96. The van der Waals surface area contributed by atoms with Gasteiger partial charge < -0.3 is 30.0 Å². The molecular formula is C13H22N2O6. The molecule has 2 amide bonds. The first-order valence-corrected chi connectivity index (χ1v) is 6.69. The number of methoxy groups -OCH3 is 1. The number of ether oxygens (including phenoxy) is 3. The summed E-state index contributed by atoms with van der Waals surface area (Å²) in [6, 6.07) is -0.516. The van der Waals surface area contributed by atoms with Crippen molar-refractivity contribution in [3.63, 3.8) is 0 Å². The molecule has 1 aliphatic rings. The number of hydrogen-bond acceptors (Lipinski definition) is 5. The van der Waals surface area contributed by atoms with E-state index >= 15 is 0 Å². The third-order valence-corrected chi connectivity index (χ3v) is 3.07. The van der Waals surface area contributed by atoms with E-state index in [1.54, 1.807) is 0 Å². The van der Waals surface area contributed by atoms with Crippen LogP contribution >= 0.6 is 0 Å². The number of alkyl carbamates (subject to hydrolysis) is 1. The van der Waals surface area contributed by atoms with Gasteiger partial charge >= 0.3 is 12.2 Å². The Morgan fingerprint density at radius 2 is 1.95 bits per heavy atom. The number of hydrogen-bond donors (Lipinski definition) is 3. The lowest BCUT2D eigenvalue weighted by Gasteiger charge is -2.34. The standard InChI is InChI=1S/C13H22N2O6/c1-3-4-20-13(18)15-10-5-9(14-12(16)17)6-11(7-10)21-8-19-2/h3,9-11,14H,1,4-8H2,2H3,(H,15,18)(H,16,17)/t9-,10+,11-/m0/s1. The molecule has 0 saturated heterocycles. The fraction of sp³-hybridized carbons (Fsp3) is 0.692. The third-order valence-electron chi connectivity index (χ3n) is 3.07. The maximum absolute atomic E-state index is 11.5. The molecule has 0 bridgehead atoms. The minimum atomic E-state index is -1.10. The van der Waals surface area contributed by atoms with Crippen LogP contribution in [-0.4, -0.2) is 56.0 Å². The highest BCUT2D eigenvalue weighted by atomic mass is 16.7. The van der Waals surface area contributed by atoms with E-state index in [0.717, 1.165) is 0 Å². The molecule has 1 saturated carbocycles. The number of rotatable bonds is 7. The predicted octanol–water partition coefficient (Wildman–Crippen LogP) is 1.08. The lowest BCUT2D eigenvalue weighted by Crippen LogP contribution is -2.50. The molecular weight excluding hydrogens is 280 g/mol. The van der Waals surface area contributed by atoms with Crippen LogP contribution in [-0.2, 0) is 14.2 Å². The average Bonchev–Trinajstić information content (AvgIpc) is 2.42. The van der Waals surface area contributed by atoms with Gasteiger partial charge in [-0.3, -0.25) is 0 Å². The van der Waals surface area contributed by atoms with Crippen LogP contribution in [0.25, 0.3) is 0 Å². The summed E-state index contributed by atoms with van der Waals surface area (Å²) in [7, 11) is 1.51. The van der Waals surface area contributed by atoms with E-state index in [4.69, 9.17) is 19.3 Å². The molecule has 0 heterocycles. The second-order valence-electron chi connectivity index (χ2n) is 4.78. The largest absolute Gasteiger partial charge is 0.465 e. The second kappa shape index (κ2) is 9.19. The van der Waals surface area contributed by atoms with Gasteiger partial charge in [-0.25, -0.2) is 9.59 Å². The predicted molar refractivity (Wildman–Crippen MR) is 74.0 cm³/mol. The maximum Gasteiger partial charge on any atom is 0.407 e. The van der Waals surface area contributed by atoms with E-state index < -0.39 is 12.2 Å². The molecule has 3 N–H and O–H groups in total. The number of carbonyl (C=O) groups excluding carboxylic acids is 1. The highest BCUT2D eigenvalue weighted by Gasteiger charge is 2.31. The first kappa shape index (κ1) is 17.3. The summed E-state index contributed by atoms with van der Waals surface area (Å²) in [5, 5.41) is 13.9. The van der Waals surface area contributed by atoms with Crippen LogP contribution < -0.4 is 10.6 Å². The van der Waals surface area contributed by atoms with Gasteiger partial charge in [-0.15, -0.1) is 0 Å². The zero-order valence-corrected chi connectivity index (χ0v) is 12.0. The Balaban J connectivity index is 2.53.